The molecule has 0 aromatic rings. The van der Waals surface area contributed by atoms with Gasteiger partial charge >= 0.3 is 11.9 Å². The molecule has 0 bridgehead atoms. The average Bonchev–Trinajstić information content (AvgIpc) is 3.22. The van der Waals surface area contributed by atoms with Crippen molar-refractivity contribution in [3.63, 3.8) is 0 Å². The van der Waals surface area contributed by atoms with Gasteiger partial charge in [0, 0.05) is 19.4 Å². The standard InChI is InChI=1S/C53H90O5/c1-4-7-10-13-16-19-22-25-27-29-31-34-37-40-43-46-52(54)57-50-51(49-56-48-45-42-39-36-33-30-26-23-20-17-14-11-8-5-2)58-53(55)47-44-41-38-35-32-28-24-21-18-15-12-9-6-3/h8,11,16-17,19-21,24-27,30,36,39,51H,4-7,9-10,12-15,18,22-23,28-29,31-35,37-38,40-50H2,1-3H3/b11-8-,19-16-,20-17-,24-21-,27-25-,30-26-,39-36-. The van der Waals surface area contributed by atoms with Crippen LogP contribution in [0.5, 0.6) is 0 Å². The second kappa shape index (κ2) is 48.4. The minimum atomic E-state index is -0.577. The third kappa shape index (κ3) is 45.8. The molecule has 332 valence electrons. The van der Waals surface area contributed by atoms with Gasteiger partial charge in [-0.25, -0.2) is 0 Å². The second-order valence-corrected chi connectivity index (χ2v) is 15.6. The quantitative estimate of drug-likeness (QED) is 0.0349. The molecule has 0 saturated carbocycles. The zero-order valence-electron chi connectivity index (χ0n) is 38.0. The summed E-state index contributed by atoms with van der Waals surface area (Å²) >= 11 is 0. The first-order chi connectivity index (χ1) is 28.6. The second-order valence-electron chi connectivity index (χ2n) is 15.6. The Kier molecular flexibility index (Phi) is 46.0. The first kappa shape index (κ1) is 55.1. The number of carbonyl (C=O) groups is 2. The van der Waals surface area contributed by atoms with Crippen molar-refractivity contribution in [2.24, 2.45) is 0 Å². The molecule has 0 fully saturated rings. The molecule has 0 radical (unpaired) electrons. The number of hydrogen-bond donors (Lipinski definition) is 0. The van der Waals surface area contributed by atoms with Gasteiger partial charge in [0.05, 0.1) is 6.61 Å². The minimum Gasteiger partial charge on any atom is -0.462 e. The molecular weight excluding hydrogens is 717 g/mol. The Balaban J connectivity index is 4.39. The highest BCUT2D eigenvalue weighted by atomic mass is 16.6. The summed E-state index contributed by atoms with van der Waals surface area (Å²) in [5.74, 6) is -0.457. The summed E-state index contributed by atoms with van der Waals surface area (Å²) in [6.07, 6.45) is 63.0. The summed E-state index contributed by atoms with van der Waals surface area (Å²) in [6, 6.07) is 0. The van der Waals surface area contributed by atoms with Crippen LogP contribution >= 0.6 is 0 Å². The molecule has 5 heteroatoms. The molecule has 0 aliphatic rings. The van der Waals surface area contributed by atoms with Crippen molar-refractivity contribution in [3.8, 4) is 0 Å². The van der Waals surface area contributed by atoms with Crippen LogP contribution in [0.2, 0.25) is 0 Å². The lowest BCUT2D eigenvalue weighted by molar-refractivity contribution is -0.163. The van der Waals surface area contributed by atoms with Crippen molar-refractivity contribution in [1.82, 2.24) is 0 Å². The third-order valence-corrected chi connectivity index (χ3v) is 9.88. The molecule has 0 aromatic heterocycles. The van der Waals surface area contributed by atoms with Gasteiger partial charge in [0.25, 0.3) is 0 Å². The van der Waals surface area contributed by atoms with Crippen LogP contribution in [-0.2, 0) is 23.8 Å². The van der Waals surface area contributed by atoms with Gasteiger partial charge in [0.1, 0.15) is 6.61 Å². The molecule has 58 heavy (non-hydrogen) atoms. The topological polar surface area (TPSA) is 61.8 Å². The van der Waals surface area contributed by atoms with E-state index in [1.54, 1.807) is 0 Å². The molecule has 0 heterocycles. The highest BCUT2D eigenvalue weighted by Gasteiger charge is 2.17. The van der Waals surface area contributed by atoms with Crippen LogP contribution in [0.3, 0.4) is 0 Å². The van der Waals surface area contributed by atoms with Crippen molar-refractivity contribution in [1.29, 1.82) is 0 Å². The highest BCUT2D eigenvalue weighted by Crippen LogP contribution is 2.12. The number of ether oxygens (including phenoxy) is 3. The molecule has 0 rings (SSSR count). The number of unbranched alkanes of at least 4 members (excludes halogenated alkanes) is 18. The van der Waals surface area contributed by atoms with Crippen LogP contribution in [0.4, 0.5) is 0 Å². The summed E-state index contributed by atoms with van der Waals surface area (Å²) in [5.41, 5.74) is 0. The van der Waals surface area contributed by atoms with Crippen LogP contribution < -0.4 is 0 Å². The number of rotatable bonds is 43. The van der Waals surface area contributed by atoms with Crippen LogP contribution in [0.25, 0.3) is 0 Å². The van der Waals surface area contributed by atoms with Gasteiger partial charge < -0.3 is 14.2 Å². The average molecular weight is 807 g/mol. The molecule has 0 N–H and O–H groups in total. The lowest BCUT2D eigenvalue weighted by atomic mass is 10.1. The van der Waals surface area contributed by atoms with E-state index in [1.807, 2.05) is 0 Å². The fourth-order valence-corrected chi connectivity index (χ4v) is 6.30. The zero-order valence-corrected chi connectivity index (χ0v) is 38.0. The molecule has 5 nitrogen and oxygen atoms in total. The molecule has 1 unspecified atom stereocenters. The van der Waals surface area contributed by atoms with E-state index in [0.717, 1.165) is 96.3 Å². The normalized spacial score (nSPS) is 12.9. The van der Waals surface area contributed by atoms with Crippen molar-refractivity contribution in [2.75, 3.05) is 19.8 Å². The van der Waals surface area contributed by atoms with Crippen LogP contribution in [-0.4, -0.2) is 37.9 Å². The van der Waals surface area contributed by atoms with Gasteiger partial charge in [-0.2, -0.15) is 0 Å². The van der Waals surface area contributed by atoms with Gasteiger partial charge in [-0.15, -0.1) is 0 Å². The Hall–Kier alpha value is -2.92. The summed E-state index contributed by atoms with van der Waals surface area (Å²) in [6.45, 7) is 7.50. The number of allylic oxidation sites excluding steroid dienone is 14. The summed E-state index contributed by atoms with van der Waals surface area (Å²) < 4.78 is 17.3. The highest BCUT2D eigenvalue weighted by molar-refractivity contribution is 5.70. The van der Waals surface area contributed by atoms with E-state index in [2.05, 4.69) is 106 Å². The minimum absolute atomic E-state index is 0.0494. The maximum atomic E-state index is 12.7. The molecule has 0 aliphatic heterocycles. The number of carbonyl (C=O) groups excluding carboxylic acids is 2. The first-order valence-electron chi connectivity index (χ1n) is 24.1. The van der Waals surface area contributed by atoms with Crippen molar-refractivity contribution in [2.45, 2.75) is 219 Å². The molecule has 1 atom stereocenters. The van der Waals surface area contributed by atoms with Crippen molar-refractivity contribution in [3.05, 3.63) is 85.1 Å². The Labute approximate surface area is 359 Å². The Bertz CT molecular complexity index is 1090. The van der Waals surface area contributed by atoms with Gasteiger partial charge in [-0.05, 0) is 109 Å². The van der Waals surface area contributed by atoms with E-state index in [4.69, 9.17) is 14.2 Å². The lowest BCUT2D eigenvalue weighted by Gasteiger charge is -2.18. The zero-order chi connectivity index (χ0) is 42.1. The molecule has 0 spiro atoms. The van der Waals surface area contributed by atoms with Gasteiger partial charge in [0.15, 0.2) is 6.10 Å². The fraction of sp³-hybridized carbons (Fsp3) is 0.698. The van der Waals surface area contributed by atoms with E-state index in [1.165, 1.54) is 83.5 Å². The van der Waals surface area contributed by atoms with Crippen molar-refractivity contribution < 1.29 is 23.8 Å². The number of hydrogen-bond acceptors (Lipinski definition) is 5. The van der Waals surface area contributed by atoms with E-state index < -0.39 is 6.10 Å². The number of esters is 2. The summed E-state index contributed by atoms with van der Waals surface area (Å²) in [5, 5.41) is 0. The maximum absolute atomic E-state index is 12.7. The third-order valence-electron chi connectivity index (χ3n) is 9.88. The van der Waals surface area contributed by atoms with Crippen molar-refractivity contribution >= 4 is 11.9 Å². The predicted molar refractivity (Wildman–Crippen MR) is 251 cm³/mol. The molecule has 0 aromatic carbocycles. The molecule has 0 amide bonds. The van der Waals surface area contributed by atoms with Gasteiger partial charge in [-0.1, -0.05) is 176 Å². The van der Waals surface area contributed by atoms with Gasteiger partial charge in [-0.3, -0.25) is 9.59 Å². The fourth-order valence-electron chi connectivity index (χ4n) is 6.30. The Morgan fingerprint density at radius 1 is 0.397 bits per heavy atom. The largest absolute Gasteiger partial charge is 0.462 e. The van der Waals surface area contributed by atoms with E-state index >= 15 is 0 Å². The molecular formula is C53H90O5. The molecule has 0 aliphatic carbocycles. The Morgan fingerprint density at radius 3 is 1.29 bits per heavy atom. The monoisotopic (exact) mass is 807 g/mol. The van der Waals surface area contributed by atoms with E-state index in [0.29, 0.717) is 19.4 Å². The lowest BCUT2D eigenvalue weighted by Crippen LogP contribution is -2.30. The smallest absolute Gasteiger partial charge is 0.306 e. The van der Waals surface area contributed by atoms with Crippen LogP contribution in [0.15, 0.2) is 85.1 Å². The Morgan fingerprint density at radius 2 is 0.776 bits per heavy atom. The summed E-state index contributed by atoms with van der Waals surface area (Å²) in [7, 11) is 0. The van der Waals surface area contributed by atoms with Crippen LogP contribution in [0.1, 0.15) is 213 Å². The summed E-state index contributed by atoms with van der Waals surface area (Å²) in [4.78, 5) is 25.3. The van der Waals surface area contributed by atoms with Gasteiger partial charge in [0.2, 0.25) is 0 Å². The maximum Gasteiger partial charge on any atom is 0.306 e. The SMILES string of the molecule is CC/C=C\C/C=C\C/C=C\C/C=C\CCCOCC(COC(=O)CCCCCCC/C=C\C/C=C\CCCCC)OC(=O)CCCCCCC/C=C\CCCCCC. The predicted octanol–water partition coefficient (Wildman–Crippen LogP) is 16.1. The van der Waals surface area contributed by atoms with Crippen LogP contribution in [0, 0.1) is 0 Å². The molecule has 0 saturated heterocycles. The first-order valence-corrected chi connectivity index (χ1v) is 24.1. The van der Waals surface area contributed by atoms with E-state index in [-0.39, 0.29) is 25.2 Å². The van der Waals surface area contributed by atoms with E-state index in [9.17, 15) is 9.59 Å².